The van der Waals surface area contributed by atoms with Crippen LogP contribution in [-0.4, -0.2) is 26.3 Å². The van der Waals surface area contributed by atoms with Gasteiger partial charge in [0.1, 0.15) is 0 Å². The molecule has 0 aromatic carbocycles. The molecule has 0 radical (unpaired) electrons. The van der Waals surface area contributed by atoms with Crippen LogP contribution in [0.3, 0.4) is 0 Å². The Morgan fingerprint density at radius 3 is 2.44 bits per heavy atom. The summed E-state index contributed by atoms with van der Waals surface area (Å²) in [5.74, 6) is 2.24. The fraction of sp³-hybridized carbons (Fsp3) is 0.786. The van der Waals surface area contributed by atoms with Crippen LogP contribution in [-0.2, 0) is 19.3 Å². The lowest BCUT2D eigenvalue weighted by atomic mass is 9.95. The predicted octanol–water partition coefficient (Wildman–Crippen LogP) is 2.74. The van der Waals surface area contributed by atoms with Crippen LogP contribution in [0.5, 0.6) is 0 Å². The summed E-state index contributed by atoms with van der Waals surface area (Å²) in [4.78, 5) is 18.2. The molecule has 2 bridgehead atoms. The van der Waals surface area contributed by atoms with Gasteiger partial charge in [-0.2, -0.15) is 4.89 Å². The van der Waals surface area contributed by atoms with E-state index in [1.54, 1.807) is 6.92 Å². The molecule has 0 aliphatic heterocycles. The Bertz CT molecular complexity index is 275. The third-order valence-corrected chi connectivity index (χ3v) is 3.42. The van der Waals surface area contributed by atoms with E-state index in [2.05, 4.69) is 28.9 Å². The summed E-state index contributed by atoms with van der Waals surface area (Å²) < 4.78 is 5.44. The minimum Gasteiger partial charge on any atom is -0.381 e. The Kier molecular flexibility index (Phi) is 6.98. The first kappa shape index (κ1) is 15.2. The SMILES string of the molecule is CCC(=O)OOC.CCOCC1CC2C=CC1C2. The molecule has 18 heavy (non-hydrogen) atoms. The zero-order valence-electron chi connectivity index (χ0n) is 11.6. The first-order valence-corrected chi connectivity index (χ1v) is 6.70. The van der Waals surface area contributed by atoms with E-state index in [1.807, 2.05) is 0 Å². The van der Waals surface area contributed by atoms with E-state index in [1.165, 1.54) is 20.0 Å². The highest BCUT2D eigenvalue weighted by atomic mass is 17.2. The van der Waals surface area contributed by atoms with Crippen molar-refractivity contribution in [1.82, 2.24) is 0 Å². The van der Waals surface area contributed by atoms with Gasteiger partial charge >= 0.3 is 5.97 Å². The lowest BCUT2D eigenvalue weighted by Gasteiger charge is -2.16. The van der Waals surface area contributed by atoms with E-state index in [-0.39, 0.29) is 5.97 Å². The molecule has 0 heterocycles. The number of rotatable bonds is 5. The number of hydrogen-bond acceptors (Lipinski definition) is 4. The van der Waals surface area contributed by atoms with Crippen molar-refractivity contribution in [3.63, 3.8) is 0 Å². The van der Waals surface area contributed by atoms with Gasteiger partial charge in [0.2, 0.25) is 0 Å². The van der Waals surface area contributed by atoms with E-state index in [0.29, 0.717) is 6.42 Å². The molecular formula is C14H24O4. The zero-order chi connectivity index (χ0) is 13.4. The minimum absolute atomic E-state index is 0.345. The fourth-order valence-electron chi connectivity index (χ4n) is 2.51. The maximum Gasteiger partial charge on any atom is 0.342 e. The van der Waals surface area contributed by atoms with Crippen LogP contribution in [0.15, 0.2) is 12.2 Å². The Hall–Kier alpha value is -0.870. The highest BCUT2D eigenvalue weighted by Crippen LogP contribution is 2.43. The van der Waals surface area contributed by atoms with Crippen molar-refractivity contribution in [2.75, 3.05) is 20.3 Å². The van der Waals surface area contributed by atoms with Crippen molar-refractivity contribution in [3.8, 4) is 0 Å². The fourth-order valence-corrected chi connectivity index (χ4v) is 2.51. The number of ether oxygens (including phenoxy) is 1. The minimum atomic E-state index is -0.345. The van der Waals surface area contributed by atoms with Gasteiger partial charge in [0.05, 0.1) is 7.11 Å². The summed E-state index contributed by atoms with van der Waals surface area (Å²) in [5.41, 5.74) is 0. The molecule has 2 aliphatic rings. The number of hydrogen-bond donors (Lipinski definition) is 0. The van der Waals surface area contributed by atoms with Gasteiger partial charge in [0.25, 0.3) is 0 Å². The zero-order valence-corrected chi connectivity index (χ0v) is 11.6. The number of carbonyl (C=O) groups excluding carboxylic acids is 1. The van der Waals surface area contributed by atoms with Gasteiger partial charge in [-0.3, -0.25) is 4.89 Å². The van der Waals surface area contributed by atoms with Crippen LogP contribution in [0.1, 0.15) is 33.1 Å². The van der Waals surface area contributed by atoms with Crippen LogP contribution >= 0.6 is 0 Å². The molecule has 3 atom stereocenters. The third kappa shape index (κ3) is 4.78. The van der Waals surface area contributed by atoms with Crippen molar-refractivity contribution in [3.05, 3.63) is 12.2 Å². The maximum absolute atomic E-state index is 10.1. The second-order valence-corrected chi connectivity index (χ2v) is 4.68. The molecule has 1 fully saturated rings. The molecular weight excluding hydrogens is 232 g/mol. The summed E-state index contributed by atoms with van der Waals surface area (Å²) in [6.07, 6.45) is 7.90. The first-order chi connectivity index (χ1) is 8.71. The lowest BCUT2D eigenvalue weighted by Crippen LogP contribution is -2.14. The monoisotopic (exact) mass is 256 g/mol. The largest absolute Gasteiger partial charge is 0.381 e. The van der Waals surface area contributed by atoms with E-state index in [0.717, 1.165) is 31.0 Å². The van der Waals surface area contributed by atoms with Crippen molar-refractivity contribution in [1.29, 1.82) is 0 Å². The second-order valence-electron chi connectivity index (χ2n) is 4.68. The maximum atomic E-state index is 10.1. The molecule has 1 saturated carbocycles. The van der Waals surface area contributed by atoms with Crippen LogP contribution in [0.4, 0.5) is 0 Å². The van der Waals surface area contributed by atoms with Crippen molar-refractivity contribution in [2.24, 2.45) is 17.8 Å². The van der Waals surface area contributed by atoms with Gasteiger partial charge in [0.15, 0.2) is 0 Å². The molecule has 0 N–H and O–H groups in total. The summed E-state index contributed by atoms with van der Waals surface area (Å²) >= 11 is 0. The molecule has 0 saturated heterocycles. The quantitative estimate of drug-likeness (QED) is 0.431. The number of fused-ring (bicyclic) bond motifs is 2. The normalized spacial score (nSPS) is 27.8. The molecule has 0 aromatic rings. The predicted molar refractivity (Wildman–Crippen MR) is 68.7 cm³/mol. The molecule has 0 spiro atoms. The molecule has 4 nitrogen and oxygen atoms in total. The van der Waals surface area contributed by atoms with Crippen LogP contribution in [0, 0.1) is 17.8 Å². The summed E-state index contributed by atoms with van der Waals surface area (Å²) in [6, 6.07) is 0. The summed E-state index contributed by atoms with van der Waals surface area (Å²) in [7, 11) is 1.30. The molecule has 4 heteroatoms. The standard InChI is InChI=1S/C10H16O.C4H8O3/c1-2-11-7-10-6-8-3-4-9(10)5-8;1-3-4(5)7-6-2/h3-4,8-10H,2,5-7H2,1H3;3H2,1-2H3. The van der Waals surface area contributed by atoms with E-state index in [4.69, 9.17) is 4.74 Å². The van der Waals surface area contributed by atoms with Crippen LogP contribution in [0.25, 0.3) is 0 Å². The van der Waals surface area contributed by atoms with Gasteiger partial charge in [-0.05, 0) is 37.5 Å². The Labute approximate surface area is 109 Å². The average Bonchev–Trinajstić information content (AvgIpc) is 2.99. The van der Waals surface area contributed by atoms with E-state index < -0.39 is 0 Å². The summed E-state index contributed by atoms with van der Waals surface area (Å²) in [6.45, 7) is 5.63. The van der Waals surface area contributed by atoms with Crippen molar-refractivity contribution in [2.45, 2.75) is 33.1 Å². The van der Waals surface area contributed by atoms with Gasteiger partial charge in [-0.1, -0.05) is 19.1 Å². The molecule has 3 unspecified atom stereocenters. The van der Waals surface area contributed by atoms with E-state index >= 15 is 0 Å². The Balaban J connectivity index is 0.000000203. The second kappa shape index (κ2) is 8.27. The van der Waals surface area contributed by atoms with Crippen LogP contribution in [0.2, 0.25) is 0 Å². The van der Waals surface area contributed by atoms with Crippen molar-refractivity contribution >= 4 is 5.97 Å². The first-order valence-electron chi connectivity index (χ1n) is 6.70. The highest BCUT2D eigenvalue weighted by Gasteiger charge is 2.35. The van der Waals surface area contributed by atoms with Crippen molar-refractivity contribution < 1.29 is 19.3 Å². The third-order valence-electron chi connectivity index (χ3n) is 3.42. The summed E-state index contributed by atoms with van der Waals surface area (Å²) in [5, 5.41) is 0. The van der Waals surface area contributed by atoms with Gasteiger partial charge < -0.3 is 4.74 Å². The van der Waals surface area contributed by atoms with Gasteiger partial charge in [-0.15, -0.1) is 0 Å². The highest BCUT2D eigenvalue weighted by molar-refractivity contribution is 5.68. The molecule has 104 valence electrons. The number of carbonyl (C=O) groups is 1. The number of allylic oxidation sites excluding steroid dienone is 2. The molecule has 0 amide bonds. The molecule has 2 aliphatic carbocycles. The smallest absolute Gasteiger partial charge is 0.342 e. The lowest BCUT2D eigenvalue weighted by molar-refractivity contribution is -0.254. The van der Waals surface area contributed by atoms with E-state index in [9.17, 15) is 4.79 Å². The Morgan fingerprint density at radius 1 is 1.28 bits per heavy atom. The molecule has 0 aromatic heterocycles. The van der Waals surface area contributed by atoms with Crippen LogP contribution < -0.4 is 0 Å². The topological polar surface area (TPSA) is 44.8 Å². The average molecular weight is 256 g/mol. The molecule has 2 rings (SSSR count). The Morgan fingerprint density at radius 2 is 2.06 bits per heavy atom. The van der Waals surface area contributed by atoms with Gasteiger partial charge in [0, 0.05) is 19.6 Å². The van der Waals surface area contributed by atoms with Gasteiger partial charge in [-0.25, -0.2) is 4.79 Å².